The van der Waals surface area contributed by atoms with Gasteiger partial charge < -0.3 is 20.3 Å². The Balaban J connectivity index is 0.00000200. The number of aliphatic hydroxyl groups is 1. The molecular weight excluding hydrogens is 282 g/mol. The molecule has 0 radical (unpaired) electrons. The Labute approximate surface area is 124 Å². The number of carbonyl (C=O) groups is 1. The fourth-order valence-corrected chi connectivity index (χ4v) is 1.80. The largest absolute Gasteiger partial charge is 0.493 e. The van der Waals surface area contributed by atoms with E-state index in [2.05, 4.69) is 0 Å². The molecule has 1 aliphatic carbocycles. The fraction of sp³-hybridized carbons (Fsp3) is 0.500. The molecule has 0 aliphatic heterocycles. The van der Waals surface area contributed by atoms with Gasteiger partial charge in [-0.3, -0.25) is 4.79 Å². The van der Waals surface area contributed by atoms with Crippen LogP contribution in [0.15, 0.2) is 18.2 Å². The van der Waals surface area contributed by atoms with Gasteiger partial charge in [-0.05, 0) is 37.0 Å². The zero-order valence-electron chi connectivity index (χ0n) is 11.4. The van der Waals surface area contributed by atoms with Gasteiger partial charge in [0.25, 0.3) is 0 Å². The summed E-state index contributed by atoms with van der Waals surface area (Å²) in [5.41, 5.74) is 6.62. The van der Waals surface area contributed by atoms with Crippen molar-refractivity contribution in [2.24, 2.45) is 11.7 Å². The summed E-state index contributed by atoms with van der Waals surface area (Å²) in [6.45, 7) is -0.0687. The van der Waals surface area contributed by atoms with Gasteiger partial charge in [0, 0.05) is 6.04 Å². The number of esters is 1. The van der Waals surface area contributed by atoms with Crippen LogP contribution in [0, 0.1) is 5.92 Å². The second-order valence-corrected chi connectivity index (χ2v) is 4.83. The Bertz CT molecular complexity index is 462. The molecule has 1 fully saturated rings. The summed E-state index contributed by atoms with van der Waals surface area (Å²) >= 11 is 0. The quantitative estimate of drug-likeness (QED) is 0.611. The van der Waals surface area contributed by atoms with Crippen molar-refractivity contribution in [3.63, 3.8) is 0 Å². The molecule has 0 saturated heterocycles. The molecule has 0 aromatic heterocycles. The van der Waals surface area contributed by atoms with E-state index >= 15 is 0 Å². The minimum Gasteiger partial charge on any atom is -0.493 e. The molecule has 3 N–H and O–H groups in total. The smallest absolute Gasteiger partial charge is 0.314 e. The molecule has 0 spiro atoms. The van der Waals surface area contributed by atoms with Crippen LogP contribution < -0.4 is 15.2 Å². The van der Waals surface area contributed by atoms with Crippen LogP contribution in [0.2, 0.25) is 0 Å². The van der Waals surface area contributed by atoms with E-state index in [0.29, 0.717) is 17.9 Å². The maximum Gasteiger partial charge on any atom is 0.314 e. The number of halogens is 1. The molecule has 1 unspecified atom stereocenters. The van der Waals surface area contributed by atoms with E-state index in [1.165, 1.54) is 7.11 Å². The van der Waals surface area contributed by atoms with E-state index in [-0.39, 0.29) is 36.9 Å². The molecule has 2 rings (SSSR count). The second-order valence-electron chi connectivity index (χ2n) is 4.83. The van der Waals surface area contributed by atoms with Crippen molar-refractivity contribution in [3.8, 4) is 11.5 Å². The van der Waals surface area contributed by atoms with Crippen LogP contribution in [0.25, 0.3) is 0 Å². The molecule has 0 amide bonds. The topological polar surface area (TPSA) is 81.8 Å². The lowest BCUT2D eigenvalue weighted by Crippen LogP contribution is -2.26. The maximum absolute atomic E-state index is 11.6. The number of rotatable bonds is 6. The maximum atomic E-state index is 11.6. The number of ether oxygens (including phenoxy) is 2. The van der Waals surface area contributed by atoms with Gasteiger partial charge in [-0.15, -0.1) is 12.4 Å². The van der Waals surface area contributed by atoms with Gasteiger partial charge in [0.1, 0.15) is 0 Å². The summed E-state index contributed by atoms with van der Waals surface area (Å²) in [5.74, 6) is 0.794. The molecule has 1 aliphatic rings. The standard InChI is InChI=1S/C14H19NO4.ClH/c1-18-13-7-9(6-11(15)8-16)2-5-12(13)19-14(17)10-3-4-10;/h2,5,7,10-11,16H,3-4,6,8,15H2,1H3;1H. The molecule has 1 aromatic rings. The van der Waals surface area contributed by atoms with Crippen LogP contribution in [0.5, 0.6) is 11.5 Å². The van der Waals surface area contributed by atoms with Crippen LogP contribution in [-0.4, -0.2) is 30.8 Å². The molecule has 0 bridgehead atoms. The van der Waals surface area contributed by atoms with Gasteiger partial charge >= 0.3 is 5.97 Å². The number of carbonyl (C=O) groups excluding carboxylic acids is 1. The Kier molecular flexibility index (Phi) is 6.26. The minimum absolute atomic E-state index is 0. The number of nitrogens with two attached hydrogens (primary N) is 1. The monoisotopic (exact) mass is 301 g/mol. The number of benzene rings is 1. The van der Waals surface area contributed by atoms with Gasteiger partial charge in [0.2, 0.25) is 0 Å². The lowest BCUT2D eigenvalue weighted by Gasteiger charge is -2.12. The van der Waals surface area contributed by atoms with Crippen molar-refractivity contribution in [2.45, 2.75) is 25.3 Å². The average Bonchev–Trinajstić information content (AvgIpc) is 3.24. The van der Waals surface area contributed by atoms with E-state index < -0.39 is 0 Å². The number of hydrogen-bond donors (Lipinski definition) is 2. The molecular formula is C14H20ClNO4. The molecule has 112 valence electrons. The predicted octanol–water partition coefficient (Wildman–Crippen LogP) is 1.29. The molecule has 6 heteroatoms. The summed E-state index contributed by atoms with van der Waals surface area (Å²) in [7, 11) is 1.53. The first-order valence-corrected chi connectivity index (χ1v) is 6.39. The van der Waals surface area contributed by atoms with Crippen LogP contribution >= 0.6 is 12.4 Å². The highest BCUT2D eigenvalue weighted by atomic mass is 35.5. The molecule has 5 nitrogen and oxygen atoms in total. The summed E-state index contributed by atoms with van der Waals surface area (Å²) in [4.78, 5) is 11.6. The van der Waals surface area contributed by atoms with E-state index in [1.807, 2.05) is 6.07 Å². The molecule has 1 aromatic carbocycles. The number of methoxy groups -OCH3 is 1. The Morgan fingerprint density at radius 1 is 1.45 bits per heavy atom. The third-order valence-electron chi connectivity index (χ3n) is 3.08. The normalized spacial score (nSPS) is 15.2. The van der Waals surface area contributed by atoms with E-state index in [1.54, 1.807) is 12.1 Å². The van der Waals surface area contributed by atoms with E-state index in [9.17, 15) is 4.79 Å². The van der Waals surface area contributed by atoms with Gasteiger partial charge in [0.15, 0.2) is 11.5 Å². The first-order valence-electron chi connectivity index (χ1n) is 6.39. The highest BCUT2D eigenvalue weighted by Gasteiger charge is 2.32. The zero-order chi connectivity index (χ0) is 13.8. The van der Waals surface area contributed by atoms with Crippen molar-refractivity contribution < 1.29 is 19.4 Å². The summed E-state index contributed by atoms with van der Waals surface area (Å²) < 4.78 is 10.5. The van der Waals surface area contributed by atoms with Crippen molar-refractivity contribution in [1.82, 2.24) is 0 Å². The fourth-order valence-electron chi connectivity index (χ4n) is 1.80. The first-order chi connectivity index (χ1) is 9.13. The predicted molar refractivity (Wildman–Crippen MR) is 77.4 cm³/mol. The molecule has 0 heterocycles. The van der Waals surface area contributed by atoms with Crippen LogP contribution in [0.1, 0.15) is 18.4 Å². The summed E-state index contributed by atoms with van der Waals surface area (Å²) in [5, 5.41) is 8.94. The van der Waals surface area contributed by atoms with Crippen molar-refractivity contribution in [3.05, 3.63) is 23.8 Å². The zero-order valence-corrected chi connectivity index (χ0v) is 12.2. The van der Waals surface area contributed by atoms with Crippen molar-refractivity contribution >= 4 is 18.4 Å². The van der Waals surface area contributed by atoms with E-state index in [0.717, 1.165) is 18.4 Å². The number of aliphatic hydroxyl groups excluding tert-OH is 1. The Morgan fingerprint density at radius 2 is 2.15 bits per heavy atom. The molecule has 20 heavy (non-hydrogen) atoms. The first kappa shape index (κ1) is 16.8. The van der Waals surface area contributed by atoms with Crippen molar-refractivity contribution in [2.75, 3.05) is 13.7 Å². The van der Waals surface area contributed by atoms with Crippen LogP contribution in [-0.2, 0) is 11.2 Å². The van der Waals surface area contributed by atoms with Gasteiger partial charge in [-0.25, -0.2) is 0 Å². The molecule has 1 saturated carbocycles. The van der Waals surface area contributed by atoms with E-state index in [4.69, 9.17) is 20.3 Å². The number of hydrogen-bond acceptors (Lipinski definition) is 5. The average molecular weight is 302 g/mol. The lowest BCUT2D eigenvalue weighted by molar-refractivity contribution is -0.135. The third kappa shape index (κ3) is 4.37. The highest BCUT2D eigenvalue weighted by molar-refractivity contribution is 5.85. The molecule has 1 atom stereocenters. The van der Waals surface area contributed by atoms with Crippen molar-refractivity contribution in [1.29, 1.82) is 0 Å². The third-order valence-corrected chi connectivity index (χ3v) is 3.08. The van der Waals surface area contributed by atoms with Gasteiger partial charge in [-0.2, -0.15) is 0 Å². The Morgan fingerprint density at radius 3 is 2.70 bits per heavy atom. The van der Waals surface area contributed by atoms with Crippen LogP contribution in [0.4, 0.5) is 0 Å². The Hall–Kier alpha value is -1.30. The summed E-state index contributed by atoms with van der Waals surface area (Å²) in [6.07, 6.45) is 2.36. The lowest BCUT2D eigenvalue weighted by atomic mass is 10.1. The SMILES string of the molecule is COc1cc(CC(N)CO)ccc1OC(=O)C1CC1.Cl. The highest BCUT2D eigenvalue weighted by Crippen LogP contribution is 2.34. The second kappa shape index (κ2) is 7.47. The summed E-state index contributed by atoms with van der Waals surface area (Å²) in [6, 6.07) is 5.02. The minimum atomic E-state index is -0.301. The van der Waals surface area contributed by atoms with Gasteiger partial charge in [0.05, 0.1) is 19.6 Å². The van der Waals surface area contributed by atoms with Crippen LogP contribution in [0.3, 0.4) is 0 Å². The van der Waals surface area contributed by atoms with Gasteiger partial charge in [-0.1, -0.05) is 6.07 Å².